The topological polar surface area (TPSA) is 198 Å². The van der Waals surface area contributed by atoms with Crippen LogP contribution in [0.25, 0.3) is 0 Å². The molecule has 4 fully saturated rings. The molecule has 8 heterocycles. The van der Waals surface area contributed by atoms with E-state index < -0.39 is 24.0 Å². The van der Waals surface area contributed by atoms with Crippen LogP contribution in [0.3, 0.4) is 0 Å². The van der Waals surface area contributed by atoms with Crippen LogP contribution in [0.2, 0.25) is 0 Å². The summed E-state index contributed by atoms with van der Waals surface area (Å²) in [6, 6.07) is 54.1. The molecule has 0 bridgehead atoms. The lowest BCUT2D eigenvalue weighted by atomic mass is 9.95. The third-order valence-electron chi connectivity index (χ3n) is 28.5. The van der Waals surface area contributed by atoms with Gasteiger partial charge in [0.15, 0.2) is 11.6 Å². The molecule has 16 rings (SSSR count). The first-order valence-corrected chi connectivity index (χ1v) is 49.8. The Morgan fingerprint density at radius 2 is 0.664 bits per heavy atom. The number of ether oxygens (including phenoxy) is 2. The highest BCUT2D eigenvalue weighted by atomic mass is 16.5. The van der Waals surface area contributed by atoms with Crippen molar-refractivity contribution >= 4 is 23.5 Å². The largest absolute Gasteiger partial charge is 0.480 e. The number of aryl methyl sites for hydroxylation is 14. The number of benzene rings is 4. The Balaban J connectivity index is 0.000000146. The van der Waals surface area contributed by atoms with Gasteiger partial charge < -0.3 is 29.5 Å². The Hall–Kier alpha value is -8.56. The first kappa shape index (κ1) is 97.0. The molecule has 18 heteroatoms. The summed E-state index contributed by atoms with van der Waals surface area (Å²) in [7, 11) is 4.51. The number of likely N-dealkylation sites (N-methyl/N-ethyl adjacent to an activating group) is 2. The number of pyridine rings is 4. The Labute approximate surface area is 766 Å². The lowest BCUT2D eigenvalue weighted by Crippen LogP contribution is -2.55. The fourth-order valence-electron chi connectivity index (χ4n) is 21.0. The van der Waals surface area contributed by atoms with Gasteiger partial charge in [0.05, 0.1) is 24.3 Å². The van der Waals surface area contributed by atoms with Crippen LogP contribution in [0.5, 0.6) is 0 Å². The average Bonchev–Trinajstić information content (AvgIpc) is 1.10. The van der Waals surface area contributed by atoms with Crippen LogP contribution in [0.15, 0.2) is 158 Å². The fourth-order valence-corrected chi connectivity index (χ4v) is 21.0. The number of fused-ring (bicyclic) bond motifs is 4. The summed E-state index contributed by atoms with van der Waals surface area (Å²) in [5.41, 5.74) is 22.5. The molecule has 6 atom stereocenters. The minimum absolute atomic E-state index is 0.0984. The maximum Gasteiger partial charge on any atom is 0.325 e. The molecule has 4 saturated heterocycles. The molecule has 8 aliphatic rings. The van der Waals surface area contributed by atoms with Crippen LogP contribution < -0.4 is 0 Å². The van der Waals surface area contributed by atoms with Crippen molar-refractivity contribution in [1.82, 2.24) is 49.3 Å². The van der Waals surface area contributed by atoms with Gasteiger partial charge in [-0.15, -0.1) is 0 Å². The number of Topliss-reactive ketones (excluding diaryl/α,β-unsaturated/α-hetero) is 2. The Bertz CT molecular complexity index is 4470. The number of rotatable bonds is 42. The summed E-state index contributed by atoms with van der Waals surface area (Å²) in [6.07, 6.45) is 42.4. The average molecular weight is 1740 g/mol. The molecule has 18 nitrogen and oxygen atoms in total. The highest BCUT2D eigenvalue weighted by Crippen LogP contribution is 2.36. The molecule has 0 unspecified atom stereocenters. The van der Waals surface area contributed by atoms with Crippen molar-refractivity contribution < 1.29 is 38.9 Å². The second-order valence-corrected chi connectivity index (χ2v) is 37.9. The molecule has 4 aromatic heterocycles. The summed E-state index contributed by atoms with van der Waals surface area (Å²) in [5, 5.41) is 19.6. The molecule has 0 amide bonds. The summed E-state index contributed by atoms with van der Waals surface area (Å²) in [4.78, 5) is 82.1. The van der Waals surface area contributed by atoms with E-state index in [2.05, 4.69) is 120 Å². The van der Waals surface area contributed by atoms with Gasteiger partial charge in [-0.25, -0.2) is 0 Å². The number of aliphatic carboxylic acids is 2. The Morgan fingerprint density at radius 1 is 0.359 bits per heavy atom. The molecule has 0 spiro atoms. The monoisotopic (exact) mass is 1740 g/mol. The molecule has 0 radical (unpaired) electrons. The number of hydrogen-bond donors (Lipinski definition) is 2. The van der Waals surface area contributed by atoms with Gasteiger partial charge in [-0.05, 0) is 326 Å². The highest BCUT2D eigenvalue weighted by Gasteiger charge is 2.41. The molecule has 4 aromatic carbocycles. The zero-order chi connectivity index (χ0) is 89.4. The van der Waals surface area contributed by atoms with E-state index in [1.165, 1.54) is 196 Å². The van der Waals surface area contributed by atoms with Crippen molar-refractivity contribution in [2.45, 2.75) is 307 Å². The van der Waals surface area contributed by atoms with Crippen molar-refractivity contribution in [2.24, 2.45) is 0 Å². The quantitative estimate of drug-likeness (QED) is 0.0342. The smallest absolute Gasteiger partial charge is 0.325 e. The molecule has 4 aliphatic heterocycles. The number of carbonyl (C=O) groups is 4. The van der Waals surface area contributed by atoms with E-state index in [4.69, 9.17) is 29.4 Å². The second-order valence-electron chi connectivity index (χ2n) is 37.9. The Kier molecular flexibility index (Phi) is 38.4. The number of carboxylic acids is 2. The van der Waals surface area contributed by atoms with E-state index >= 15 is 0 Å². The predicted octanol–water partition coefficient (Wildman–Crippen LogP) is 19.5. The Morgan fingerprint density at radius 3 is 0.977 bits per heavy atom. The maximum absolute atomic E-state index is 12.4. The summed E-state index contributed by atoms with van der Waals surface area (Å²) in [5.74, 6) is -1.06. The minimum atomic E-state index is -0.778. The first-order valence-electron chi connectivity index (χ1n) is 49.8. The van der Waals surface area contributed by atoms with Crippen LogP contribution in [-0.4, -0.2) is 200 Å². The van der Waals surface area contributed by atoms with E-state index in [1.54, 1.807) is 13.8 Å². The second kappa shape index (κ2) is 50.7. The molecule has 0 saturated carbocycles. The molecule has 8 aromatic rings. The highest BCUT2D eigenvalue weighted by molar-refractivity contribution is 5.83. The van der Waals surface area contributed by atoms with Crippen molar-refractivity contribution in [3.05, 3.63) is 259 Å². The fraction of sp³-hybridized carbons (Fsp3) is 0.564. The lowest BCUT2D eigenvalue weighted by molar-refractivity contribution is -0.152. The van der Waals surface area contributed by atoms with Gasteiger partial charge in [-0.1, -0.05) is 173 Å². The predicted molar refractivity (Wildman–Crippen MR) is 514 cm³/mol. The van der Waals surface area contributed by atoms with Gasteiger partial charge >= 0.3 is 11.9 Å². The number of aromatic nitrogens is 4. The standard InChI is InChI=1S/2C28H39N3O.2C27H36N2O3/c2*1-22(32)28(24-12-5-3-6-13-24)31-20-18-26(21-31)30(2)19-10-4-7-14-25-17-16-23-11-8-9-15-27(23)29-25;2*1-2-20-10-5-7-13-24(20)26(27(30)31)29-18-23(19-29)32-17-9-3-4-12-22-16-15-21-11-6-8-14-25(21)28-22/h2*3,5-6,12-13,16-17,26,28H,4,7-11,14-15,18-21H2,1-2H3;2*5,7,10,13,15-16,23,26H,2-4,6,8-9,11-12,14,17-19H2,1H3,(H,30,31)/t26-,28+;26-,28-;2*26-/m1110/s1. The van der Waals surface area contributed by atoms with Crippen molar-refractivity contribution in [3.63, 3.8) is 0 Å². The van der Waals surface area contributed by atoms with Crippen LogP contribution in [0.1, 0.15) is 294 Å². The molecule has 688 valence electrons. The van der Waals surface area contributed by atoms with Gasteiger partial charge in [0, 0.05) is 123 Å². The number of likely N-dealkylation sites (tertiary alicyclic amines) is 4. The maximum atomic E-state index is 12.4. The number of carbonyl (C=O) groups excluding carboxylic acids is 2. The van der Waals surface area contributed by atoms with Gasteiger partial charge in [-0.2, -0.15) is 0 Å². The molecular formula is C110H150N10O8. The van der Waals surface area contributed by atoms with Crippen LogP contribution in [-0.2, 0) is 119 Å². The van der Waals surface area contributed by atoms with Gasteiger partial charge in [-0.3, -0.25) is 58.7 Å². The minimum Gasteiger partial charge on any atom is -0.480 e. The van der Waals surface area contributed by atoms with E-state index in [-0.39, 0.29) is 35.9 Å². The third kappa shape index (κ3) is 28.2. The van der Waals surface area contributed by atoms with Crippen LogP contribution in [0, 0.1) is 0 Å². The zero-order valence-electron chi connectivity index (χ0n) is 78.4. The number of ketones is 2. The van der Waals surface area contributed by atoms with E-state index in [9.17, 15) is 29.4 Å². The molecular weight excluding hydrogens is 1590 g/mol. The van der Waals surface area contributed by atoms with Gasteiger partial charge in [0.2, 0.25) is 0 Å². The van der Waals surface area contributed by atoms with E-state index in [0.29, 0.717) is 38.3 Å². The summed E-state index contributed by atoms with van der Waals surface area (Å²) in [6.45, 7) is 18.1. The van der Waals surface area contributed by atoms with E-state index in [0.717, 1.165) is 189 Å². The number of carboxylic acid groups (broad SMARTS) is 2. The van der Waals surface area contributed by atoms with Gasteiger partial charge in [0.25, 0.3) is 0 Å². The molecule has 2 N–H and O–H groups in total. The van der Waals surface area contributed by atoms with E-state index in [1.807, 2.05) is 94.7 Å². The number of hydrogen-bond acceptors (Lipinski definition) is 16. The van der Waals surface area contributed by atoms with Crippen molar-refractivity contribution in [3.8, 4) is 0 Å². The van der Waals surface area contributed by atoms with Crippen molar-refractivity contribution in [1.29, 1.82) is 0 Å². The SMILES string of the molecule is CC(=O)[C@@H](c1ccccc1)N1CC[C@@H](N(C)CCCCCc2ccc3c(n2)CCCC3)C1.CC(=O)[C@H](c1ccccc1)N1CC[C@@H](N(C)CCCCCc2ccc3c(n2)CCCC3)C1.CCc1ccccc1[C@@H](C(=O)O)N1CC(OCCCCCc2ccc3c(n2)CCCC3)C1.CCc1ccccc1[C@H](C(=O)O)N1CC(OCCCCCc2ccc3c(n2)CCCC3)C1. The van der Waals surface area contributed by atoms with Crippen molar-refractivity contribution in [2.75, 3.05) is 92.8 Å². The first-order chi connectivity index (χ1) is 62.5. The summed E-state index contributed by atoms with van der Waals surface area (Å²) < 4.78 is 12.0. The molecule has 4 aliphatic carbocycles. The van der Waals surface area contributed by atoms with Crippen LogP contribution >= 0.6 is 0 Å². The lowest BCUT2D eigenvalue weighted by Gasteiger charge is -2.42. The third-order valence-corrected chi connectivity index (χ3v) is 28.5. The number of nitrogens with zero attached hydrogens (tertiary/aromatic N) is 10. The van der Waals surface area contributed by atoms with Crippen LogP contribution in [0.4, 0.5) is 0 Å². The number of unbranched alkanes of at least 4 members (excludes halogenated alkanes) is 8. The molecule has 128 heavy (non-hydrogen) atoms. The zero-order valence-corrected chi connectivity index (χ0v) is 78.4. The summed E-state index contributed by atoms with van der Waals surface area (Å²) >= 11 is 0. The van der Waals surface area contributed by atoms with Gasteiger partial charge in [0.1, 0.15) is 12.1 Å². The normalized spacial score (nSPS) is 18.7.